The molecule has 1 N–H and O–H groups in total. The van der Waals surface area contributed by atoms with Crippen LogP contribution in [0, 0.1) is 22.5 Å². The summed E-state index contributed by atoms with van der Waals surface area (Å²) < 4.78 is 2.80. The highest BCUT2D eigenvalue weighted by Crippen LogP contribution is 2.56. The van der Waals surface area contributed by atoms with Gasteiger partial charge in [0.15, 0.2) is 4.77 Å². The van der Waals surface area contributed by atoms with Gasteiger partial charge in [-0.1, -0.05) is 12.8 Å². The average molecular weight is 334 g/mol. The van der Waals surface area contributed by atoms with Crippen LogP contribution in [0.4, 0.5) is 0 Å². The van der Waals surface area contributed by atoms with Crippen molar-refractivity contribution in [3.05, 3.63) is 10.6 Å². The van der Waals surface area contributed by atoms with Gasteiger partial charge >= 0.3 is 0 Å². The van der Waals surface area contributed by atoms with Crippen LogP contribution in [0.1, 0.15) is 57.2 Å². The van der Waals surface area contributed by atoms with Crippen molar-refractivity contribution in [3.63, 3.8) is 0 Å². The molecular weight excluding hydrogens is 308 g/mol. The van der Waals surface area contributed by atoms with E-state index in [1.54, 1.807) is 0 Å². The fourth-order valence-electron chi connectivity index (χ4n) is 4.87. The lowest BCUT2D eigenvalue weighted by atomic mass is 9.95. The van der Waals surface area contributed by atoms with E-state index in [0.717, 1.165) is 38.3 Å². The van der Waals surface area contributed by atoms with Crippen LogP contribution in [0.2, 0.25) is 0 Å². The summed E-state index contributed by atoms with van der Waals surface area (Å²) in [5.74, 6) is 3.72. The van der Waals surface area contributed by atoms with Crippen LogP contribution in [-0.4, -0.2) is 38.7 Å². The molecule has 3 aliphatic rings. The second-order valence-electron chi connectivity index (χ2n) is 7.37. The highest BCUT2D eigenvalue weighted by Gasteiger charge is 2.55. The molecule has 3 atom stereocenters. The zero-order chi connectivity index (χ0) is 16.0. The van der Waals surface area contributed by atoms with Crippen LogP contribution in [0.15, 0.2) is 0 Å². The molecule has 2 heterocycles. The third kappa shape index (κ3) is 2.65. The molecule has 0 bridgehead atoms. The summed E-state index contributed by atoms with van der Waals surface area (Å²) in [6.45, 7) is 4.71. The summed E-state index contributed by atoms with van der Waals surface area (Å²) in [6, 6.07) is 0. The van der Waals surface area contributed by atoms with Gasteiger partial charge in [-0.15, -0.1) is 0 Å². The van der Waals surface area contributed by atoms with Crippen LogP contribution in [0.3, 0.4) is 0 Å². The van der Waals surface area contributed by atoms with E-state index in [4.69, 9.17) is 12.2 Å². The van der Waals surface area contributed by atoms with Gasteiger partial charge in [-0.2, -0.15) is 5.10 Å². The molecule has 126 valence electrons. The number of H-pyrrole nitrogens is 1. The number of amides is 1. The first-order valence-electron chi connectivity index (χ1n) is 9.14. The highest BCUT2D eigenvalue weighted by atomic mass is 32.1. The fraction of sp³-hybridized carbons (Fsp3) is 0.824. The molecule has 0 radical (unpaired) electrons. The Morgan fingerprint density at radius 3 is 2.48 bits per heavy atom. The fourth-order valence-corrected chi connectivity index (χ4v) is 5.14. The van der Waals surface area contributed by atoms with Crippen molar-refractivity contribution in [1.29, 1.82) is 0 Å². The zero-order valence-electron chi connectivity index (χ0n) is 13.8. The van der Waals surface area contributed by atoms with Gasteiger partial charge in [0, 0.05) is 31.5 Å². The maximum Gasteiger partial charge on any atom is 0.226 e. The van der Waals surface area contributed by atoms with Crippen molar-refractivity contribution >= 4 is 18.1 Å². The number of carbonyl (C=O) groups is 1. The second-order valence-corrected chi connectivity index (χ2v) is 7.76. The lowest BCUT2D eigenvalue weighted by Gasteiger charge is -2.32. The third-order valence-electron chi connectivity index (χ3n) is 6.22. The van der Waals surface area contributed by atoms with Gasteiger partial charge in [0.25, 0.3) is 0 Å². The van der Waals surface area contributed by atoms with Gasteiger partial charge in [-0.3, -0.25) is 9.89 Å². The molecule has 0 aromatic carbocycles. The molecule has 1 aliphatic heterocycles. The van der Waals surface area contributed by atoms with Gasteiger partial charge < -0.3 is 9.47 Å². The number of rotatable bonds is 3. The van der Waals surface area contributed by atoms with E-state index < -0.39 is 0 Å². The van der Waals surface area contributed by atoms with Crippen molar-refractivity contribution in [1.82, 2.24) is 19.7 Å². The summed E-state index contributed by atoms with van der Waals surface area (Å²) in [6.07, 6.45) is 7.23. The van der Waals surface area contributed by atoms with Crippen LogP contribution < -0.4 is 0 Å². The van der Waals surface area contributed by atoms with E-state index in [0.29, 0.717) is 34.3 Å². The molecule has 6 heteroatoms. The minimum absolute atomic E-state index is 0.360. The molecule has 1 aromatic rings. The van der Waals surface area contributed by atoms with Crippen LogP contribution in [0.5, 0.6) is 0 Å². The first-order valence-corrected chi connectivity index (χ1v) is 9.55. The summed E-state index contributed by atoms with van der Waals surface area (Å²) in [5, 5.41) is 7.35. The van der Waals surface area contributed by atoms with Crippen molar-refractivity contribution in [2.45, 2.75) is 57.9 Å². The molecule has 1 amide bonds. The van der Waals surface area contributed by atoms with Crippen molar-refractivity contribution in [2.75, 3.05) is 13.1 Å². The minimum Gasteiger partial charge on any atom is -0.342 e. The summed E-state index contributed by atoms with van der Waals surface area (Å²) >= 11 is 5.29. The first kappa shape index (κ1) is 15.4. The summed E-state index contributed by atoms with van der Waals surface area (Å²) in [5.41, 5.74) is 0. The Hall–Kier alpha value is -1.17. The number of nitrogens with zero attached hydrogens (tertiary/aromatic N) is 3. The van der Waals surface area contributed by atoms with Gasteiger partial charge in [0.05, 0.1) is 0 Å². The van der Waals surface area contributed by atoms with Crippen molar-refractivity contribution in [3.8, 4) is 0 Å². The summed E-state index contributed by atoms with van der Waals surface area (Å²) in [7, 11) is 0. The Morgan fingerprint density at radius 2 is 1.87 bits per heavy atom. The van der Waals surface area contributed by atoms with Gasteiger partial charge in [-0.25, -0.2) is 0 Å². The standard InChI is InChI=1S/C17H26N4OS/c1-2-21-15(18-19-17(21)23)11-7-9-20(10-8-11)16(22)14-12-5-3-4-6-13(12)14/h11-14H,2-10H2,1H3,(H,19,23)/t12-,13+,14?. The molecule has 4 rings (SSSR count). The average Bonchev–Trinajstić information content (AvgIpc) is 3.20. The number of fused-ring (bicyclic) bond motifs is 1. The van der Waals surface area contributed by atoms with Crippen molar-refractivity contribution < 1.29 is 4.79 Å². The smallest absolute Gasteiger partial charge is 0.226 e. The largest absolute Gasteiger partial charge is 0.342 e. The summed E-state index contributed by atoms with van der Waals surface area (Å²) in [4.78, 5) is 14.9. The zero-order valence-corrected chi connectivity index (χ0v) is 14.6. The van der Waals surface area contributed by atoms with Gasteiger partial charge in [0.2, 0.25) is 5.91 Å². The molecule has 2 aliphatic carbocycles. The van der Waals surface area contributed by atoms with Crippen molar-refractivity contribution in [2.24, 2.45) is 17.8 Å². The lowest BCUT2D eigenvalue weighted by molar-refractivity contribution is -0.134. The number of aromatic amines is 1. The number of nitrogens with one attached hydrogen (secondary N) is 1. The number of likely N-dealkylation sites (tertiary alicyclic amines) is 1. The normalized spacial score (nSPS) is 31.0. The molecule has 1 unspecified atom stereocenters. The monoisotopic (exact) mass is 334 g/mol. The SMILES string of the molecule is CCn1c(C2CCN(C(=O)C3[C@H]4CCCC[C@@H]34)CC2)n[nH]c1=S. The number of piperidine rings is 1. The first-order chi connectivity index (χ1) is 11.2. The van der Waals surface area contributed by atoms with Gasteiger partial charge in [0.1, 0.15) is 5.82 Å². The molecule has 3 fully saturated rings. The van der Waals surface area contributed by atoms with E-state index in [1.165, 1.54) is 25.7 Å². The van der Waals surface area contributed by atoms with Crippen LogP contribution in [0.25, 0.3) is 0 Å². The molecule has 0 spiro atoms. The number of aromatic nitrogens is 3. The van der Waals surface area contributed by atoms with E-state index in [9.17, 15) is 4.79 Å². The van der Waals surface area contributed by atoms with Crippen LogP contribution >= 0.6 is 12.2 Å². The number of carbonyl (C=O) groups excluding carboxylic acids is 1. The van der Waals surface area contributed by atoms with E-state index in [1.807, 2.05) is 0 Å². The Bertz CT molecular complexity index is 631. The number of hydrogen-bond donors (Lipinski definition) is 1. The molecule has 23 heavy (non-hydrogen) atoms. The Balaban J connectivity index is 1.37. The van der Waals surface area contributed by atoms with E-state index >= 15 is 0 Å². The number of hydrogen-bond acceptors (Lipinski definition) is 3. The molecular formula is C17H26N4OS. The van der Waals surface area contributed by atoms with E-state index in [-0.39, 0.29) is 0 Å². The molecule has 1 aromatic heterocycles. The van der Waals surface area contributed by atoms with E-state index in [2.05, 4.69) is 26.6 Å². The molecule has 2 saturated carbocycles. The Morgan fingerprint density at radius 1 is 1.22 bits per heavy atom. The predicted octanol–water partition coefficient (Wildman–Crippen LogP) is 3.10. The van der Waals surface area contributed by atoms with Crippen LogP contribution in [-0.2, 0) is 11.3 Å². The second kappa shape index (κ2) is 6.04. The third-order valence-corrected chi connectivity index (χ3v) is 6.53. The Labute approximate surface area is 142 Å². The maximum absolute atomic E-state index is 12.8. The maximum atomic E-state index is 12.8. The quantitative estimate of drug-likeness (QED) is 0.864. The Kier molecular flexibility index (Phi) is 4.03. The molecule has 5 nitrogen and oxygen atoms in total. The minimum atomic E-state index is 0.360. The van der Waals surface area contributed by atoms with Gasteiger partial charge in [-0.05, 0) is 56.7 Å². The molecule has 1 saturated heterocycles. The highest BCUT2D eigenvalue weighted by molar-refractivity contribution is 7.71. The topological polar surface area (TPSA) is 53.9 Å². The predicted molar refractivity (Wildman–Crippen MR) is 90.6 cm³/mol. The lowest BCUT2D eigenvalue weighted by Crippen LogP contribution is -2.39.